The maximum atomic E-state index is 13.6. The van der Waals surface area contributed by atoms with E-state index in [1.54, 1.807) is 58.0 Å². The van der Waals surface area contributed by atoms with Gasteiger partial charge in [-0.3, -0.25) is 19.9 Å². The highest BCUT2D eigenvalue weighted by Crippen LogP contribution is 2.46. The summed E-state index contributed by atoms with van der Waals surface area (Å²) in [6.07, 6.45) is -0.732. The third kappa shape index (κ3) is 4.39. The predicted octanol–water partition coefficient (Wildman–Crippen LogP) is 5.26. The van der Waals surface area contributed by atoms with Gasteiger partial charge in [0.05, 0.1) is 0 Å². The van der Waals surface area contributed by atoms with Crippen LogP contribution in [0.4, 0.5) is 5.69 Å². The highest BCUT2D eigenvalue weighted by Gasteiger charge is 2.47. The fourth-order valence-electron chi connectivity index (χ4n) is 3.55. The number of benzene rings is 2. The van der Waals surface area contributed by atoms with Crippen molar-refractivity contribution in [3.05, 3.63) is 74.5 Å². The number of hydrazine groups is 1. The summed E-state index contributed by atoms with van der Waals surface area (Å²) in [6, 6.07) is 12.1. The number of carbonyl (C=O) groups is 2. The summed E-state index contributed by atoms with van der Waals surface area (Å²) < 4.78 is 0. The van der Waals surface area contributed by atoms with Crippen LogP contribution in [0.3, 0.4) is 0 Å². The SMILES string of the molecule is CC1=C(C(=O)NN)N(C(=O)C(C)(C)C)C(c2ccc(Cl)cc2Cl)N1c1ccc(Cl)cc1. The second kappa shape index (κ2) is 8.71. The molecule has 2 aromatic rings. The van der Waals surface area contributed by atoms with Crippen LogP contribution in [0.25, 0.3) is 0 Å². The maximum Gasteiger partial charge on any atom is 0.283 e. The molecule has 3 rings (SSSR count). The van der Waals surface area contributed by atoms with Crippen LogP contribution >= 0.6 is 34.8 Å². The van der Waals surface area contributed by atoms with E-state index < -0.39 is 17.5 Å². The van der Waals surface area contributed by atoms with Crippen molar-refractivity contribution in [3.8, 4) is 0 Å². The molecule has 0 fully saturated rings. The van der Waals surface area contributed by atoms with Crippen molar-refractivity contribution in [2.24, 2.45) is 11.3 Å². The number of nitrogens with one attached hydrogen (secondary N) is 1. The van der Waals surface area contributed by atoms with Crippen LogP contribution in [0.2, 0.25) is 15.1 Å². The van der Waals surface area contributed by atoms with Crippen molar-refractivity contribution < 1.29 is 9.59 Å². The molecule has 2 aromatic carbocycles. The zero-order valence-electron chi connectivity index (χ0n) is 17.5. The molecule has 0 spiro atoms. The Labute approximate surface area is 196 Å². The first kappa shape index (κ1) is 23.4. The first-order valence-electron chi connectivity index (χ1n) is 9.52. The van der Waals surface area contributed by atoms with E-state index in [0.717, 1.165) is 5.69 Å². The van der Waals surface area contributed by atoms with E-state index in [9.17, 15) is 9.59 Å². The van der Waals surface area contributed by atoms with E-state index in [1.165, 1.54) is 4.90 Å². The summed E-state index contributed by atoms with van der Waals surface area (Å²) >= 11 is 18.8. The van der Waals surface area contributed by atoms with Crippen LogP contribution in [0.15, 0.2) is 53.9 Å². The lowest BCUT2D eigenvalue weighted by Gasteiger charge is -2.37. The smallest absolute Gasteiger partial charge is 0.283 e. The van der Waals surface area contributed by atoms with E-state index in [2.05, 4.69) is 5.43 Å². The molecule has 9 heteroatoms. The molecule has 1 aliphatic heterocycles. The van der Waals surface area contributed by atoms with Crippen molar-refractivity contribution in [1.82, 2.24) is 10.3 Å². The lowest BCUT2D eigenvalue weighted by molar-refractivity contribution is -0.141. The van der Waals surface area contributed by atoms with Crippen LogP contribution in [0.5, 0.6) is 0 Å². The highest BCUT2D eigenvalue weighted by atomic mass is 35.5. The molecule has 0 bridgehead atoms. The van der Waals surface area contributed by atoms with Gasteiger partial charge in [-0.25, -0.2) is 5.84 Å². The number of allylic oxidation sites excluding steroid dienone is 1. The average Bonchev–Trinajstić information content (AvgIpc) is 2.99. The minimum atomic E-state index is -0.784. The molecular formula is C22H23Cl3N4O2. The van der Waals surface area contributed by atoms with Crippen LogP contribution in [-0.4, -0.2) is 16.7 Å². The van der Waals surface area contributed by atoms with Gasteiger partial charge in [-0.1, -0.05) is 61.6 Å². The fourth-order valence-corrected chi connectivity index (χ4v) is 4.18. The Morgan fingerprint density at radius 2 is 1.58 bits per heavy atom. The third-order valence-electron chi connectivity index (χ3n) is 4.99. The van der Waals surface area contributed by atoms with Crippen LogP contribution in [0.1, 0.15) is 39.4 Å². The molecule has 3 N–H and O–H groups in total. The van der Waals surface area contributed by atoms with E-state index in [0.29, 0.717) is 26.3 Å². The predicted molar refractivity (Wildman–Crippen MR) is 124 cm³/mol. The molecule has 1 heterocycles. The number of nitrogens with zero attached hydrogens (tertiary/aromatic N) is 2. The molecule has 0 radical (unpaired) electrons. The number of hydrogen-bond acceptors (Lipinski definition) is 4. The summed E-state index contributed by atoms with van der Waals surface area (Å²) in [5.74, 6) is 4.62. The number of anilines is 1. The lowest BCUT2D eigenvalue weighted by Crippen LogP contribution is -2.46. The van der Waals surface area contributed by atoms with Gasteiger partial charge in [0.2, 0.25) is 5.91 Å². The molecule has 6 nitrogen and oxygen atoms in total. The quantitative estimate of drug-likeness (QED) is 0.356. The molecule has 0 aromatic heterocycles. The van der Waals surface area contributed by atoms with Gasteiger partial charge in [0.1, 0.15) is 11.9 Å². The molecule has 1 aliphatic rings. The van der Waals surface area contributed by atoms with Gasteiger partial charge in [-0.2, -0.15) is 0 Å². The van der Waals surface area contributed by atoms with Crippen molar-refractivity contribution in [3.63, 3.8) is 0 Å². The molecule has 164 valence electrons. The number of amides is 2. The second-order valence-corrected chi connectivity index (χ2v) is 9.50. The number of rotatable bonds is 3. The first-order chi connectivity index (χ1) is 14.5. The minimum absolute atomic E-state index is 0.147. The Kier molecular flexibility index (Phi) is 6.58. The molecule has 2 amide bonds. The van der Waals surface area contributed by atoms with Crippen molar-refractivity contribution >= 4 is 52.3 Å². The number of nitrogens with two attached hydrogens (primary N) is 1. The van der Waals surface area contributed by atoms with Gasteiger partial charge in [0.25, 0.3) is 5.91 Å². The minimum Gasteiger partial charge on any atom is -0.318 e. The average molecular weight is 482 g/mol. The first-order valence-corrected chi connectivity index (χ1v) is 10.7. The third-order valence-corrected chi connectivity index (χ3v) is 5.80. The fraction of sp³-hybridized carbons (Fsp3) is 0.273. The highest BCUT2D eigenvalue weighted by molar-refractivity contribution is 6.35. The maximum absolute atomic E-state index is 13.6. The normalized spacial score (nSPS) is 16.7. The molecule has 0 aliphatic carbocycles. The monoisotopic (exact) mass is 480 g/mol. The molecular weight excluding hydrogens is 459 g/mol. The molecule has 0 saturated heterocycles. The number of carbonyl (C=O) groups excluding carboxylic acids is 2. The Bertz CT molecular complexity index is 1060. The Hall–Kier alpha value is -2.25. The van der Waals surface area contributed by atoms with Crippen LogP contribution < -0.4 is 16.2 Å². The molecule has 1 unspecified atom stereocenters. The van der Waals surface area contributed by atoms with Gasteiger partial charge in [0.15, 0.2) is 0 Å². The van der Waals surface area contributed by atoms with Crippen LogP contribution in [0, 0.1) is 5.41 Å². The summed E-state index contributed by atoms with van der Waals surface area (Å²) in [5, 5.41) is 1.39. The Morgan fingerprint density at radius 3 is 2.10 bits per heavy atom. The largest absolute Gasteiger partial charge is 0.318 e. The van der Waals surface area contributed by atoms with E-state index in [4.69, 9.17) is 40.6 Å². The Morgan fingerprint density at radius 1 is 1.00 bits per heavy atom. The van der Waals surface area contributed by atoms with E-state index >= 15 is 0 Å². The zero-order valence-corrected chi connectivity index (χ0v) is 19.8. The number of hydrogen-bond donors (Lipinski definition) is 2. The molecule has 0 saturated carbocycles. The summed E-state index contributed by atoms with van der Waals surface area (Å²) in [5.41, 5.74) is 3.40. The standard InChI is InChI=1S/C22H23Cl3N4O2/c1-12-18(19(30)27-26)29(21(31)22(2,3)4)20(16-10-7-14(24)11-17(16)25)28(12)15-8-5-13(23)6-9-15/h5-11,20H,26H2,1-4H3,(H,27,30). The van der Waals surface area contributed by atoms with Crippen molar-refractivity contribution in [1.29, 1.82) is 0 Å². The van der Waals surface area contributed by atoms with Crippen LogP contribution in [-0.2, 0) is 9.59 Å². The van der Waals surface area contributed by atoms with Gasteiger partial charge in [-0.15, -0.1) is 0 Å². The lowest BCUT2D eigenvalue weighted by atomic mass is 9.93. The topological polar surface area (TPSA) is 78.7 Å². The van der Waals surface area contributed by atoms with E-state index in [1.807, 2.05) is 17.0 Å². The van der Waals surface area contributed by atoms with Gasteiger partial charge < -0.3 is 4.90 Å². The van der Waals surface area contributed by atoms with Crippen molar-refractivity contribution in [2.45, 2.75) is 33.9 Å². The zero-order chi connectivity index (χ0) is 23.1. The summed E-state index contributed by atoms with van der Waals surface area (Å²) in [4.78, 5) is 29.7. The molecule has 31 heavy (non-hydrogen) atoms. The molecule has 1 atom stereocenters. The van der Waals surface area contributed by atoms with Gasteiger partial charge in [0, 0.05) is 37.4 Å². The Balaban J connectivity index is 2.32. The van der Waals surface area contributed by atoms with Crippen molar-refractivity contribution in [2.75, 3.05) is 4.90 Å². The number of halogens is 3. The van der Waals surface area contributed by atoms with Gasteiger partial charge >= 0.3 is 0 Å². The van der Waals surface area contributed by atoms with Gasteiger partial charge in [-0.05, 0) is 43.3 Å². The van der Waals surface area contributed by atoms with E-state index in [-0.39, 0.29) is 11.6 Å². The summed E-state index contributed by atoms with van der Waals surface area (Å²) in [7, 11) is 0. The second-order valence-electron chi connectivity index (χ2n) is 8.22. The summed E-state index contributed by atoms with van der Waals surface area (Å²) in [6.45, 7) is 7.11.